The minimum absolute atomic E-state index is 1.14. The molecule has 0 aliphatic rings. The fourth-order valence-electron chi connectivity index (χ4n) is 0.273. The van der Waals surface area contributed by atoms with Gasteiger partial charge in [0, 0.05) is 0 Å². The van der Waals surface area contributed by atoms with Gasteiger partial charge in [0.2, 0.25) is 0 Å². The molecule has 0 heterocycles. The van der Waals surface area contributed by atoms with E-state index in [0.29, 0.717) is 0 Å². The van der Waals surface area contributed by atoms with Crippen LogP contribution < -0.4 is 0 Å². The predicted molar refractivity (Wildman–Crippen MR) is 44.0 cm³/mol. The van der Waals surface area contributed by atoms with Crippen molar-refractivity contribution in [3.8, 4) is 0 Å². The summed E-state index contributed by atoms with van der Waals surface area (Å²) in [4.78, 5) is 3.63. The van der Waals surface area contributed by atoms with Crippen LogP contribution in [-0.4, -0.2) is 53.5 Å². The van der Waals surface area contributed by atoms with Crippen LogP contribution in [-0.2, 0) is 4.81 Å². The summed E-state index contributed by atoms with van der Waals surface area (Å²) in [7, 11) is 6.15. The van der Waals surface area contributed by atoms with Crippen LogP contribution in [0.5, 0.6) is 0 Å². The van der Waals surface area contributed by atoms with Crippen molar-refractivity contribution in [2.24, 2.45) is 0 Å². The molecular formula is HB7O2. The van der Waals surface area contributed by atoms with Gasteiger partial charge in [-0.3, -0.25) is 0 Å². The molecule has 2 radical (unpaired) electrons. The first kappa shape index (κ1) is 9.21. The molecule has 0 unspecified atom stereocenters. The molecule has 0 aliphatic heterocycles. The summed E-state index contributed by atoms with van der Waals surface area (Å²) in [6.07, 6.45) is 0. The molecule has 0 aliphatic carbocycles. The number of hydrogen-bond acceptors (Lipinski definition) is 2. The fraction of sp³-hybridized carbons (Fsp3) is 0. The van der Waals surface area contributed by atoms with Crippen LogP contribution in [0.1, 0.15) is 0 Å². The molecule has 2 nitrogen and oxygen atoms in total. The third-order valence-electron chi connectivity index (χ3n) is 0.584. The number of rotatable bonds is 3. The first-order chi connectivity index (χ1) is 4.41. The molecule has 0 fully saturated rings. The Hall–Kier alpha value is 0.215. The van der Waals surface area contributed by atoms with Gasteiger partial charge in [0.05, 0.1) is 0 Å². The van der Waals surface area contributed by atoms with Gasteiger partial charge in [-0.25, -0.2) is 0 Å². The first-order valence-electron chi connectivity index (χ1n) is 2.42. The van der Waals surface area contributed by atoms with Gasteiger partial charge >= 0.3 is 58.3 Å². The normalized spacial score (nSPS) is 6.78. The summed E-state index contributed by atoms with van der Waals surface area (Å²) in [5.74, 6) is 0. The zero-order valence-corrected chi connectivity index (χ0v) is 4.90. The standard InChI is InChI=1S/B7HO2/c1-2-3-4-5-6-7-9-8/h8H. The quantitative estimate of drug-likeness (QED) is 0.242. The third kappa shape index (κ3) is 8.21. The van der Waals surface area contributed by atoms with Gasteiger partial charge in [-0.05, 0) is 0 Å². The molecule has 1 N–H and O–H groups in total. The molecule has 0 rings (SSSR count). The molecule has 9 heteroatoms. The summed E-state index contributed by atoms with van der Waals surface area (Å²) in [5, 5.41) is 7.76. The van der Waals surface area contributed by atoms with Gasteiger partial charge in [0.15, 0.2) is 0 Å². The van der Waals surface area contributed by atoms with Crippen molar-refractivity contribution >= 4 is 48.2 Å². The Morgan fingerprint density at radius 2 is 1.78 bits per heavy atom. The van der Waals surface area contributed by atoms with Gasteiger partial charge < -0.3 is 0 Å². The van der Waals surface area contributed by atoms with Crippen LogP contribution in [0.2, 0.25) is 0 Å². The molecule has 0 bridgehead atoms. The summed E-state index contributed by atoms with van der Waals surface area (Å²) in [6, 6.07) is 0. The third-order valence-corrected chi connectivity index (χ3v) is 0.584. The molecule has 0 aromatic rings. The van der Waals surface area contributed by atoms with E-state index in [1.165, 1.54) is 13.4 Å². The van der Waals surface area contributed by atoms with E-state index in [0.717, 1.165) is 7.00 Å². The summed E-state index contributed by atoms with van der Waals surface area (Å²) >= 11 is 0. The van der Waals surface area contributed by atoms with Crippen LogP contribution >= 0.6 is 0 Å². The molecule has 9 heavy (non-hydrogen) atoms. The van der Waals surface area contributed by atoms with E-state index < -0.39 is 0 Å². The van der Waals surface area contributed by atoms with E-state index in [9.17, 15) is 0 Å². The van der Waals surface area contributed by atoms with Crippen LogP contribution in [0.4, 0.5) is 0 Å². The Morgan fingerprint density at radius 3 is 2.33 bits per heavy atom. The summed E-state index contributed by atoms with van der Waals surface area (Å²) in [6.45, 7) is 7.96. The molecule has 0 amide bonds. The molecule has 0 atom stereocenters. The molecular weight excluding hydrogens is 108 g/mol. The molecule has 0 aromatic carbocycles. The Labute approximate surface area is 59.0 Å². The summed E-state index contributed by atoms with van der Waals surface area (Å²) in [5.41, 5.74) is 0. The van der Waals surface area contributed by atoms with Crippen LogP contribution in [0.3, 0.4) is 0 Å². The Morgan fingerprint density at radius 1 is 1.11 bits per heavy atom. The van der Waals surface area contributed by atoms with E-state index in [1.807, 2.05) is 0 Å². The van der Waals surface area contributed by atoms with Crippen molar-refractivity contribution < 1.29 is 10.1 Å². The van der Waals surface area contributed by atoms with E-state index >= 15 is 0 Å². The zero-order valence-electron chi connectivity index (χ0n) is 4.90. The SMILES string of the molecule is [B]B=BB=BB=BOO. The van der Waals surface area contributed by atoms with Crippen molar-refractivity contribution in [2.45, 2.75) is 0 Å². The van der Waals surface area contributed by atoms with Crippen molar-refractivity contribution in [1.29, 1.82) is 0 Å². The van der Waals surface area contributed by atoms with Crippen molar-refractivity contribution in [3.05, 3.63) is 0 Å². The molecule has 0 aromatic heterocycles. The average Bonchev–Trinajstić information content (AvgIpc) is 1.89. The molecule has 34 valence electrons. The van der Waals surface area contributed by atoms with E-state index in [2.05, 4.69) is 4.81 Å². The van der Waals surface area contributed by atoms with E-state index in [-0.39, 0.29) is 0 Å². The second-order valence-electron chi connectivity index (χ2n) is 1.20. The maximum absolute atomic E-state index is 7.76. The van der Waals surface area contributed by atoms with Gasteiger partial charge in [-0.1, -0.05) is 0 Å². The van der Waals surface area contributed by atoms with Gasteiger partial charge in [-0.2, -0.15) is 0 Å². The van der Waals surface area contributed by atoms with E-state index in [4.69, 9.17) is 13.0 Å². The van der Waals surface area contributed by atoms with Crippen LogP contribution in [0.15, 0.2) is 0 Å². The zero-order chi connectivity index (χ0) is 6.95. The van der Waals surface area contributed by atoms with E-state index in [1.54, 1.807) is 20.1 Å². The van der Waals surface area contributed by atoms with Gasteiger partial charge in [-0.15, -0.1) is 0 Å². The van der Waals surface area contributed by atoms with Crippen molar-refractivity contribution in [2.75, 3.05) is 0 Å². The summed E-state index contributed by atoms with van der Waals surface area (Å²) < 4.78 is 0. The minimum atomic E-state index is 1.14. The average molecular weight is 109 g/mol. The maximum atomic E-state index is 7.76. The van der Waals surface area contributed by atoms with Crippen molar-refractivity contribution in [1.82, 2.24) is 0 Å². The fourth-order valence-corrected chi connectivity index (χ4v) is 0.273. The molecule has 0 saturated carbocycles. The second-order valence-corrected chi connectivity index (χ2v) is 1.20. The topological polar surface area (TPSA) is 29.5 Å². The van der Waals surface area contributed by atoms with Crippen LogP contribution in [0.25, 0.3) is 0 Å². The molecule has 0 spiro atoms. The van der Waals surface area contributed by atoms with Gasteiger partial charge in [0.25, 0.3) is 0 Å². The first-order valence-corrected chi connectivity index (χ1v) is 2.42. The predicted octanol–water partition coefficient (Wildman–Crippen LogP) is -2.73. The monoisotopic (exact) mass is 110 g/mol. The Kier molecular flexibility index (Phi) is 8.41. The van der Waals surface area contributed by atoms with Gasteiger partial charge in [0.1, 0.15) is 0 Å². The van der Waals surface area contributed by atoms with Crippen LogP contribution in [0, 0.1) is 0 Å². The second kappa shape index (κ2) is 8.21. The number of hydrogen-bond donors (Lipinski definition) is 1. The van der Waals surface area contributed by atoms with Crippen molar-refractivity contribution in [3.63, 3.8) is 0 Å². The Balaban J connectivity index is 3.35. The Bertz CT molecular complexity index is 123. The molecule has 0 saturated heterocycles.